The Morgan fingerprint density at radius 2 is 0.817 bits per heavy atom. The van der Waals surface area contributed by atoms with E-state index in [1.165, 1.54) is 44.8 Å². The van der Waals surface area contributed by atoms with Crippen LogP contribution in [0.5, 0.6) is 0 Å². The first kappa shape index (κ1) is 38.2. The van der Waals surface area contributed by atoms with Crippen molar-refractivity contribution >= 4 is 45.2 Å². The monoisotopic (exact) mass is 777 g/mol. The van der Waals surface area contributed by atoms with E-state index in [9.17, 15) is 0 Å². The molecule has 0 bridgehead atoms. The summed E-state index contributed by atoms with van der Waals surface area (Å²) in [6, 6.07) is 62.0. The van der Waals surface area contributed by atoms with Crippen molar-refractivity contribution in [2.45, 2.75) is 41.5 Å². The lowest BCUT2D eigenvalue weighted by Gasteiger charge is -2.33. The maximum atomic E-state index is 5.35. The maximum absolute atomic E-state index is 5.35. The molecule has 0 amide bonds. The lowest BCUT2D eigenvalue weighted by Crippen LogP contribution is -2.18. The molecule has 0 fully saturated rings. The first-order valence-corrected chi connectivity index (χ1v) is 20.5. The summed E-state index contributed by atoms with van der Waals surface area (Å²) in [6.07, 6.45) is 0. The van der Waals surface area contributed by atoms with Crippen LogP contribution in [0.15, 0.2) is 176 Å². The van der Waals surface area contributed by atoms with Gasteiger partial charge < -0.3 is 4.90 Å². The predicted molar refractivity (Wildman–Crippen MR) is 251 cm³/mol. The third kappa shape index (κ3) is 7.31. The van der Waals surface area contributed by atoms with Gasteiger partial charge in [0.2, 0.25) is 5.95 Å². The second-order valence-electron chi connectivity index (χ2n) is 15.7. The topological polar surface area (TPSA) is 45.2 Å². The second-order valence-corrected chi connectivity index (χ2v) is 15.7. The van der Waals surface area contributed by atoms with Gasteiger partial charge in [0.05, 0.1) is 22.7 Å². The van der Waals surface area contributed by atoms with E-state index in [1.54, 1.807) is 0 Å². The smallest absolute Gasteiger partial charge is 0.238 e. The fourth-order valence-electron chi connectivity index (χ4n) is 8.81. The highest BCUT2D eigenvalue weighted by Crippen LogP contribution is 2.47. The fraction of sp³-hybridized carbons (Fsp3) is 0.109. The minimum atomic E-state index is 0.518. The van der Waals surface area contributed by atoms with Gasteiger partial charge in [-0.15, -0.1) is 0 Å². The summed E-state index contributed by atoms with van der Waals surface area (Å²) in [6.45, 7) is 13.2. The van der Waals surface area contributed by atoms with Gasteiger partial charge >= 0.3 is 0 Å². The molecule has 0 unspecified atom stereocenters. The molecule has 0 spiro atoms. The standard InChI is InChI=1S/C55H47N5/c1-36-31-38(3)51(39(4)32-36)60(52-40(5)33-37(2)34-41(52)6)47-27-18-26-46(35-47)59(49-30-29-42-19-16-17-28-48(42)50(49)43-20-10-7-11-21-43)55-57-53(44-22-12-8-13-23-44)56-54(58-55)45-24-14-9-15-25-45/h7-35H,1-6H3. The Kier molecular flexibility index (Phi) is 10.2. The van der Waals surface area contributed by atoms with Crippen LogP contribution in [-0.4, -0.2) is 15.0 Å². The van der Waals surface area contributed by atoms with E-state index >= 15 is 0 Å². The van der Waals surface area contributed by atoms with Crippen LogP contribution in [0.2, 0.25) is 0 Å². The molecular weight excluding hydrogens is 731 g/mol. The molecule has 1 heterocycles. The Bertz CT molecular complexity index is 2830. The van der Waals surface area contributed by atoms with Crippen LogP contribution in [-0.2, 0) is 0 Å². The molecule has 292 valence electrons. The van der Waals surface area contributed by atoms with Gasteiger partial charge in [0, 0.05) is 22.4 Å². The van der Waals surface area contributed by atoms with E-state index in [1.807, 2.05) is 36.4 Å². The molecule has 5 nitrogen and oxygen atoms in total. The molecule has 1 aromatic heterocycles. The molecule has 0 saturated carbocycles. The van der Waals surface area contributed by atoms with Gasteiger partial charge in [-0.25, -0.2) is 4.98 Å². The largest absolute Gasteiger partial charge is 0.309 e. The highest BCUT2D eigenvalue weighted by molar-refractivity contribution is 6.05. The molecule has 0 aliphatic heterocycles. The highest BCUT2D eigenvalue weighted by Gasteiger charge is 2.26. The normalized spacial score (nSPS) is 11.2. The Balaban J connectivity index is 1.37. The fourth-order valence-corrected chi connectivity index (χ4v) is 8.81. The number of hydrogen-bond acceptors (Lipinski definition) is 5. The molecule has 5 heteroatoms. The number of rotatable bonds is 9. The third-order valence-corrected chi connectivity index (χ3v) is 11.2. The molecule has 9 aromatic rings. The minimum Gasteiger partial charge on any atom is -0.309 e. The van der Waals surface area contributed by atoms with E-state index in [-0.39, 0.29) is 0 Å². The maximum Gasteiger partial charge on any atom is 0.238 e. The number of nitrogens with zero attached hydrogens (tertiary/aromatic N) is 5. The number of aryl methyl sites for hydroxylation is 6. The van der Waals surface area contributed by atoms with Crippen molar-refractivity contribution in [1.29, 1.82) is 0 Å². The van der Waals surface area contributed by atoms with Crippen LogP contribution in [0.3, 0.4) is 0 Å². The molecule has 0 saturated heterocycles. The second kappa shape index (κ2) is 16.1. The van der Waals surface area contributed by atoms with Crippen molar-refractivity contribution in [3.63, 3.8) is 0 Å². The van der Waals surface area contributed by atoms with Crippen molar-refractivity contribution in [1.82, 2.24) is 15.0 Å². The van der Waals surface area contributed by atoms with Crippen LogP contribution in [0.25, 0.3) is 44.7 Å². The van der Waals surface area contributed by atoms with Crippen LogP contribution < -0.4 is 9.80 Å². The Morgan fingerprint density at radius 1 is 0.367 bits per heavy atom. The van der Waals surface area contributed by atoms with Crippen molar-refractivity contribution in [3.8, 4) is 33.9 Å². The number of benzene rings is 8. The molecular formula is C55H47N5. The zero-order valence-corrected chi connectivity index (χ0v) is 35.0. The van der Waals surface area contributed by atoms with Crippen LogP contribution in [0.4, 0.5) is 34.4 Å². The third-order valence-electron chi connectivity index (χ3n) is 11.2. The van der Waals surface area contributed by atoms with E-state index in [0.29, 0.717) is 17.6 Å². The molecule has 60 heavy (non-hydrogen) atoms. The SMILES string of the molecule is Cc1cc(C)c(N(c2cccc(N(c3nc(-c4ccccc4)nc(-c4ccccc4)n3)c3ccc4ccccc4c3-c3ccccc3)c2)c2c(C)cc(C)cc2C)c(C)c1. The van der Waals surface area contributed by atoms with Gasteiger partial charge in [-0.1, -0.05) is 163 Å². The van der Waals surface area contributed by atoms with Crippen molar-refractivity contribution in [2.75, 3.05) is 9.80 Å². The first-order chi connectivity index (χ1) is 29.2. The first-order valence-electron chi connectivity index (χ1n) is 20.5. The summed E-state index contributed by atoms with van der Waals surface area (Å²) in [7, 11) is 0. The minimum absolute atomic E-state index is 0.518. The van der Waals surface area contributed by atoms with Gasteiger partial charge in [0.25, 0.3) is 0 Å². The van der Waals surface area contributed by atoms with Crippen molar-refractivity contribution in [2.24, 2.45) is 0 Å². The summed E-state index contributed by atoms with van der Waals surface area (Å²) in [4.78, 5) is 20.5. The van der Waals surface area contributed by atoms with Gasteiger partial charge in [-0.2, -0.15) is 9.97 Å². The summed E-state index contributed by atoms with van der Waals surface area (Å²) < 4.78 is 0. The lowest BCUT2D eigenvalue weighted by molar-refractivity contribution is 1.02. The Morgan fingerprint density at radius 3 is 1.33 bits per heavy atom. The summed E-state index contributed by atoms with van der Waals surface area (Å²) in [5, 5.41) is 2.29. The Hall–Kier alpha value is -7.37. The highest BCUT2D eigenvalue weighted by atomic mass is 15.3. The van der Waals surface area contributed by atoms with Crippen LogP contribution in [0, 0.1) is 41.5 Å². The number of fused-ring (bicyclic) bond motifs is 1. The van der Waals surface area contributed by atoms with Gasteiger partial charge in [0.15, 0.2) is 11.6 Å². The zero-order valence-electron chi connectivity index (χ0n) is 35.0. The summed E-state index contributed by atoms with van der Waals surface area (Å²) in [5.74, 6) is 1.71. The lowest BCUT2D eigenvalue weighted by atomic mass is 9.95. The number of aromatic nitrogens is 3. The van der Waals surface area contributed by atoms with E-state index in [2.05, 4.69) is 191 Å². The summed E-state index contributed by atoms with van der Waals surface area (Å²) in [5.41, 5.74) is 16.6. The number of hydrogen-bond donors (Lipinski definition) is 0. The molecule has 0 aliphatic carbocycles. The molecule has 8 aromatic carbocycles. The van der Waals surface area contributed by atoms with Gasteiger partial charge in [-0.3, -0.25) is 4.90 Å². The Labute approximate surface area is 353 Å². The molecule has 0 atom stereocenters. The average molecular weight is 778 g/mol. The van der Waals surface area contributed by atoms with E-state index in [0.717, 1.165) is 50.1 Å². The summed E-state index contributed by atoms with van der Waals surface area (Å²) >= 11 is 0. The van der Waals surface area contributed by atoms with Crippen molar-refractivity contribution in [3.05, 3.63) is 209 Å². The van der Waals surface area contributed by atoms with Crippen molar-refractivity contribution < 1.29 is 0 Å². The van der Waals surface area contributed by atoms with E-state index < -0.39 is 0 Å². The van der Waals surface area contributed by atoms with Gasteiger partial charge in [0.1, 0.15) is 0 Å². The molecule has 0 aliphatic rings. The molecule has 9 rings (SSSR count). The zero-order chi connectivity index (χ0) is 41.3. The number of anilines is 6. The van der Waals surface area contributed by atoms with E-state index in [4.69, 9.17) is 15.0 Å². The predicted octanol–water partition coefficient (Wildman–Crippen LogP) is 14.8. The average Bonchev–Trinajstić information content (AvgIpc) is 3.26. The van der Waals surface area contributed by atoms with Crippen LogP contribution in [0.1, 0.15) is 33.4 Å². The quantitative estimate of drug-likeness (QED) is 0.146. The molecule has 0 radical (unpaired) electrons. The van der Waals surface area contributed by atoms with Gasteiger partial charge in [-0.05, 0) is 104 Å². The van der Waals surface area contributed by atoms with Crippen LogP contribution >= 0.6 is 0 Å². The molecule has 0 N–H and O–H groups in total.